The third-order valence-corrected chi connectivity index (χ3v) is 5.50. The number of carbonyl (C=O) groups is 1. The first kappa shape index (κ1) is 24.2. The van der Waals surface area contributed by atoms with E-state index in [1.54, 1.807) is 24.3 Å². The largest absolute Gasteiger partial charge is 0.493 e. The van der Waals surface area contributed by atoms with Gasteiger partial charge in [-0.05, 0) is 42.0 Å². The SMILES string of the molecule is COc1cc(/C=C2\N=C(c3ccc(Cl)c([N+](=O)[O-])c3)OC2=O)cc(Cl)c1OCc1ccccc1F. The molecule has 0 radical (unpaired) electrons. The van der Waals surface area contributed by atoms with Crippen molar-refractivity contribution in [3.05, 3.63) is 103 Å². The van der Waals surface area contributed by atoms with Crippen LogP contribution in [0.3, 0.4) is 0 Å². The molecule has 0 saturated heterocycles. The summed E-state index contributed by atoms with van der Waals surface area (Å²) in [6.45, 7) is -0.0730. The fraction of sp³-hybridized carbons (Fsp3) is 0.0833. The standard InChI is InChI=1S/C24H15Cl2FN2O6/c1-33-21-10-13(8-17(26)22(21)34-12-15-4-2-3-5-18(15)27)9-19-24(30)35-23(28-19)14-6-7-16(25)20(11-14)29(31)32/h2-11H,12H2,1H3/b19-9-. The third-order valence-electron chi connectivity index (χ3n) is 4.90. The summed E-state index contributed by atoms with van der Waals surface area (Å²) in [6.07, 6.45) is 1.41. The Morgan fingerprint density at radius 1 is 1.14 bits per heavy atom. The summed E-state index contributed by atoms with van der Waals surface area (Å²) in [4.78, 5) is 27.0. The summed E-state index contributed by atoms with van der Waals surface area (Å²) in [5.74, 6) is -0.823. The lowest BCUT2D eigenvalue weighted by Crippen LogP contribution is -2.06. The Kier molecular flexibility index (Phi) is 6.99. The first-order valence-electron chi connectivity index (χ1n) is 9.97. The molecular weight excluding hydrogens is 502 g/mol. The van der Waals surface area contributed by atoms with E-state index in [1.165, 1.54) is 43.5 Å². The Morgan fingerprint density at radius 2 is 1.91 bits per heavy atom. The van der Waals surface area contributed by atoms with Gasteiger partial charge in [0, 0.05) is 17.2 Å². The van der Waals surface area contributed by atoms with Gasteiger partial charge in [-0.25, -0.2) is 14.2 Å². The van der Waals surface area contributed by atoms with E-state index < -0.39 is 16.7 Å². The van der Waals surface area contributed by atoms with Crippen molar-refractivity contribution in [2.45, 2.75) is 6.61 Å². The molecule has 1 aliphatic heterocycles. The Labute approximate surface area is 208 Å². The molecule has 0 fully saturated rings. The van der Waals surface area contributed by atoms with E-state index in [4.69, 9.17) is 37.4 Å². The quantitative estimate of drug-likeness (QED) is 0.166. The van der Waals surface area contributed by atoms with Gasteiger partial charge in [0.2, 0.25) is 5.90 Å². The highest BCUT2D eigenvalue weighted by Crippen LogP contribution is 2.38. The molecule has 0 aromatic heterocycles. The smallest absolute Gasteiger partial charge is 0.363 e. The number of nitro benzene ring substituents is 1. The minimum atomic E-state index is -0.757. The molecule has 3 aromatic rings. The number of hydrogen-bond acceptors (Lipinski definition) is 7. The van der Waals surface area contributed by atoms with Crippen LogP contribution in [0.15, 0.2) is 65.3 Å². The van der Waals surface area contributed by atoms with Gasteiger partial charge in [-0.15, -0.1) is 0 Å². The van der Waals surface area contributed by atoms with Crippen LogP contribution in [0.25, 0.3) is 6.08 Å². The Hall–Kier alpha value is -3.95. The van der Waals surface area contributed by atoms with Crippen LogP contribution in [-0.4, -0.2) is 23.9 Å². The molecule has 8 nitrogen and oxygen atoms in total. The normalized spacial score (nSPS) is 14.0. The second-order valence-electron chi connectivity index (χ2n) is 7.17. The van der Waals surface area contributed by atoms with Gasteiger partial charge in [-0.2, -0.15) is 0 Å². The van der Waals surface area contributed by atoms with E-state index in [1.807, 2.05) is 0 Å². The average molecular weight is 517 g/mol. The maximum Gasteiger partial charge on any atom is 0.363 e. The van der Waals surface area contributed by atoms with E-state index in [9.17, 15) is 19.3 Å². The number of halogens is 3. The average Bonchev–Trinajstić information content (AvgIpc) is 3.19. The Balaban J connectivity index is 1.61. The van der Waals surface area contributed by atoms with Gasteiger partial charge in [-0.1, -0.05) is 41.4 Å². The van der Waals surface area contributed by atoms with Crippen LogP contribution < -0.4 is 9.47 Å². The highest BCUT2D eigenvalue weighted by molar-refractivity contribution is 6.33. The number of esters is 1. The van der Waals surface area contributed by atoms with Crippen molar-refractivity contribution >= 4 is 46.8 Å². The summed E-state index contributed by atoms with van der Waals surface area (Å²) >= 11 is 12.2. The Bertz CT molecular complexity index is 1410. The van der Waals surface area contributed by atoms with Crippen molar-refractivity contribution in [3.63, 3.8) is 0 Å². The van der Waals surface area contributed by atoms with Gasteiger partial charge in [0.15, 0.2) is 17.2 Å². The van der Waals surface area contributed by atoms with Crippen LogP contribution in [0.4, 0.5) is 10.1 Å². The minimum absolute atomic E-state index is 0.0570. The molecule has 0 saturated carbocycles. The molecule has 0 amide bonds. The van der Waals surface area contributed by atoms with Crippen molar-refractivity contribution in [2.75, 3.05) is 7.11 Å². The number of aliphatic imine (C=N–C) groups is 1. The van der Waals surface area contributed by atoms with Crippen LogP contribution in [0.1, 0.15) is 16.7 Å². The van der Waals surface area contributed by atoms with Crippen LogP contribution in [0, 0.1) is 15.9 Å². The number of methoxy groups -OCH3 is 1. The van der Waals surface area contributed by atoms with Crippen molar-refractivity contribution in [2.24, 2.45) is 4.99 Å². The van der Waals surface area contributed by atoms with E-state index >= 15 is 0 Å². The summed E-state index contributed by atoms with van der Waals surface area (Å²) in [6, 6.07) is 13.2. The number of ether oxygens (including phenoxy) is 3. The molecular formula is C24H15Cl2FN2O6. The number of nitro groups is 1. The maximum absolute atomic E-state index is 13.9. The molecule has 0 N–H and O–H groups in total. The molecule has 178 valence electrons. The molecule has 1 heterocycles. The highest BCUT2D eigenvalue weighted by Gasteiger charge is 2.26. The monoisotopic (exact) mass is 516 g/mol. The molecule has 0 bridgehead atoms. The van der Waals surface area contributed by atoms with Crippen LogP contribution in [-0.2, 0) is 16.1 Å². The van der Waals surface area contributed by atoms with Gasteiger partial charge >= 0.3 is 5.97 Å². The first-order chi connectivity index (χ1) is 16.8. The summed E-state index contributed by atoms with van der Waals surface area (Å²) in [7, 11) is 1.41. The molecule has 4 rings (SSSR count). The fourth-order valence-corrected chi connectivity index (χ4v) is 3.66. The number of hydrogen-bond donors (Lipinski definition) is 0. The summed E-state index contributed by atoms with van der Waals surface area (Å²) in [5.41, 5.74) is 0.600. The molecule has 0 unspecified atom stereocenters. The number of benzene rings is 3. The number of rotatable bonds is 7. The molecule has 0 aliphatic carbocycles. The number of carbonyl (C=O) groups excluding carboxylic acids is 1. The zero-order chi connectivity index (χ0) is 25.1. The topological polar surface area (TPSA) is 100 Å². The van der Waals surface area contributed by atoms with Crippen molar-refractivity contribution in [1.82, 2.24) is 0 Å². The van der Waals surface area contributed by atoms with E-state index in [-0.39, 0.29) is 51.0 Å². The highest BCUT2D eigenvalue weighted by atomic mass is 35.5. The predicted molar refractivity (Wildman–Crippen MR) is 127 cm³/mol. The first-order valence-corrected chi connectivity index (χ1v) is 10.7. The fourth-order valence-electron chi connectivity index (χ4n) is 3.20. The van der Waals surface area contributed by atoms with Gasteiger partial charge in [-0.3, -0.25) is 10.1 Å². The Morgan fingerprint density at radius 3 is 2.63 bits per heavy atom. The minimum Gasteiger partial charge on any atom is -0.493 e. The molecule has 0 spiro atoms. The maximum atomic E-state index is 13.9. The number of cyclic esters (lactones) is 1. The molecule has 3 aromatic carbocycles. The van der Waals surface area contributed by atoms with E-state index in [2.05, 4.69) is 4.99 Å². The van der Waals surface area contributed by atoms with Crippen LogP contribution in [0.5, 0.6) is 11.5 Å². The third kappa shape index (κ3) is 5.26. The summed E-state index contributed by atoms with van der Waals surface area (Å²) in [5, 5.41) is 11.2. The van der Waals surface area contributed by atoms with E-state index in [0.29, 0.717) is 11.1 Å². The van der Waals surface area contributed by atoms with Gasteiger partial charge < -0.3 is 14.2 Å². The molecule has 1 aliphatic rings. The lowest BCUT2D eigenvalue weighted by Gasteiger charge is -2.13. The zero-order valence-corrected chi connectivity index (χ0v) is 19.5. The van der Waals surface area contributed by atoms with Crippen molar-refractivity contribution in [1.29, 1.82) is 0 Å². The lowest BCUT2D eigenvalue weighted by molar-refractivity contribution is -0.384. The molecule has 35 heavy (non-hydrogen) atoms. The predicted octanol–water partition coefficient (Wildman–Crippen LogP) is 5.97. The van der Waals surface area contributed by atoms with Crippen LogP contribution >= 0.6 is 23.2 Å². The summed E-state index contributed by atoms with van der Waals surface area (Å²) < 4.78 is 30.1. The second-order valence-corrected chi connectivity index (χ2v) is 7.99. The van der Waals surface area contributed by atoms with Crippen molar-refractivity contribution in [3.8, 4) is 11.5 Å². The van der Waals surface area contributed by atoms with Gasteiger partial charge in [0.25, 0.3) is 5.69 Å². The van der Waals surface area contributed by atoms with Gasteiger partial charge in [0.05, 0.1) is 17.1 Å². The van der Waals surface area contributed by atoms with Gasteiger partial charge in [0.1, 0.15) is 17.4 Å². The van der Waals surface area contributed by atoms with Crippen LogP contribution in [0.2, 0.25) is 10.0 Å². The zero-order valence-electron chi connectivity index (χ0n) is 18.0. The van der Waals surface area contributed by atoms with E-state index in [0.717, 1.165) is 0 Å². The second kappa shape index (κ2) is 10.1. The molecule has 0 atom stereocenters. The molecule has 11 heteroatoms. The number of nitrogens with zero attached hydrogens (tertiary/aromatic N) is 2. The van der Waals surface area contributed by atoms with Crippen molar-refractivity contribution < 1.29 is 28.3 Å². The lowest BCUT2D eigenvalue weighted by atomic mass is 10.1.